The SMILES string of the molecule is CCCNCCNC(=O)/C=C(/CC(=O)[O-])C(=O)OC. The lowest BCUT2D eigenvalue weighted by Gasteiger charge is -2.07. The van der Waals surface area contributed by atoms with Crippen LogP contribution in [0.15, 0.2) is 11.6 Å². The third-order valence-corrected chi connectivity index (χ3v) is 2.12. The Balaban J connectivity index is 4.28. The van der Waals surface area contributed by atoms with Gasteiger partial charge in [0.15, 0.2) is 0 Å². The van der Waals surface area contributed by atoms with E-state index >= 15 is 0 Å². The molecule has 7 heteroatoms. The Hall–Kier alpha value is -1.89. The van der Waals surface area contributed by atoms with E-state index in [-0.39, 0.29) is 5.57 Å². The Morgan fingerprint density at radius 3 is 2.42 bits per heavy atom. The summed E-state index contributed by atoms with van der Waals surface area (Å²) in [5.74, 6) is -2.85. The van der Waals surface area contributed by atoms with Crippen LogP contribution in [-0.2, 0) is 19.1 Å². The van der Waals surface area contributed by atoms with Crippen molar-refractivity contribution in [1.82, 2.24) is 10.6 Å². The van der Waals surface area contributed by atoms with Crippen LogP contribution in [0, 0.1) is 0 Å². The summed E-state index contributed by atoms with van der Waals surface area (Å²) in [5, 5.41) is 16.0. The summed E-state index contributed by atoms with van der Waals surface area (Å²) in [6.45, 7) is 3.86. The van der Waals surface area contributed by atoms with E-state index in [1.54, 1.807) is 0 Å². The summed E-state index contributed by atoms with van der Waals surface area (Å²) in [6.07, 6.45) is 1.25. The molecule has 0 atom stereocenters. The maximum Gasteiger partial charge on any atom is 0.334 e. The first-order chi connectivity index (χ1) is 9.01. The lowest BCUT2D eigenvalue weighted by atomic mass is 10.1. The third-order valence-electron chi connectivity index (χ3n) is 2.12. The average molecular weight is 271 g/mol. The van der Waals surface area contributed by atoms with Gasteiger partial charge < -0.3 is 25.3 Å². The number of rotatable bonds is 9. The first kappa shape index (κ1) is 17.1. The molecule has 1 amide bonds. The number of carbonyl (C=O) groups is 3. The van der Waals surface area contributed by atoms with Crippen LogP contribution in [0.4, 0.5) is 0 Å². The fraction of sp³-hybridized carbons (Fsp3) is 0.583. The summed E-state index contributed by atoms with van der Waals surface area (Å²) >= 11 is 0. The normalized spacial score (nSPS) is 10.9. The predicted octanol–water partition coefficient (Wildman–Crippen LogP) is -1.66. The van der Waals surface area contributed by atoms with Crippen molar-refractivity contribution in [1.29, 1.82) is 0 Å². The fourth-order valence-corrected chi connectivity index (χ4v) is 1.25. The van der Waals surface area contributed by atoms with E-state index in [1.807, 2.05) is 6.92 Å². The summed E-state index contributed by atoms with van der Waals surface area (Å²) in [4.78, 5) is 33.1. The first-order valence-corrected chi connectivity index (χ1v) is 5.98. The molecule has 2 N–H and O–H groups in total. The zero-order valence-corrected chi connectivity index (χ0v) is 11.2. The molecule has 108 valence electrons. The molecule has 0 rings (SSSR count). The lowest BCUT2D eigenvalue weighted by molar-refractivity contribution is -0.304. The van der Waals surface area contributed by atoms with Gasteiger partial charge in [0, 0.05) is 37.1 Å². The van der Waals surface area contributed by atoms with Gasteiger partial charge in [-0.15, -0.1) is 0 Å². The Bertz CT molecular complexity index is 352. The van der Waals surface area contributed by atoms with Gasteiger partial charge in [0.05, 0.1) is 7.11 Å². The van der Waals surface area contributed by atoms with Gasteiger partial charge in [-0.2, -0.15) is 0 Å². The Morgan fingerprint density at radius 1 is 1.21 bits per heavy atom. The fourth-order valence-electron chi connectivity index (χ4n) is 1.25. The average Bonchev–Trinajstić information content (AvgIpc) is 2.36. The van der Waals surface area contributed by atoms with Gasteiger partial charge >= 0.3 is 5.97 Å². The van der Waals surface area contributed by atoms with Crippen LogP contribution < -0.4 is 15.7 Å². The molecule has 0 aliphatic heterocycles. The minimum atomic E-state index is -1.45. The number of hydrogen-bond donors (Lipinski definition) is 2. The summed E-state index contributed by atoms with van der Waals surface area (Å²) < 4.78 is 4.38. The van der Waals surface area contributed by atoms with Crippen molar-refractivity contribution in [3.63, 3.8) is 0 Å². The molecule has 0 spiro atoms. The van der Waals surface area contributed by atoms with E-state index in [1.165, 1.54) is 0 Å². The van der Waals surface area contributed by atoms with Crippen molar-refractivity contribution < 1.29 is 24.2 Å². The second-order valence-corrected chi connectivity index (χ2v) is 3.75. The van der Waals surface area contributed by atoms with Gasteiger partial charge in [-0.25, -0.2) is 4.79 Å². The Morgan fingerprint density at radius 2 is 1.89 bits per heavy atom. The second kappa shape index (κ2) is 10.1. The molecular weight excluding hydrogens is 252 g/mol. The number of nitrogens with one attached hydrogen (secondary N) is 2. The van der Waals surface area contributed by atoms with Crippen LogP contribution in [0.2, 0.25) is 0 Å². The lowest BCUT2D eigenvalue weighted by Crippen LogP contribution is -2.32. The van der Waals surface area contributed by atoms with Gasteiger partial charge in [0.1, 0.15) is 0 Å². The van der Waals surface area contributed by atoms with Gasteiger partial charge in [0.2, 0.25) is 5.91 Å². The van der Waals surface area contributed by atoms with Gasteiger partial charge in [-0.05, 0) is 13.0 Å². The van der Waals surface area contributed by atoms with E-state index < -0.39 is 24.3 Å². The standard InChI is InChI=1S/C12H20N2O5/c1-3-4-13-5-6-14-10(15)7-9(8-11(16)17)12(18)19-2/h7,13H,3-6,8H2,1-2H3,(H,14,15)(H,16,17)/p-1/b9-7-. The molecule has 0 unspecified atom stereocenters. The van der Waals surface area contributed by atoms with E-state index in [0.29, 0.717) is 13.1 Å². The highest BCUT2D eigenvalue weighted by molar-refractivity contribution is 6.00. The topological polar surface area (TPSA) is 108 Å². The third kappa shape index (κ3) is 8.78. The Kier molecular flexibility index (Phi) is 9.07. The summed E-state index contributed by atoms with van der Waals surface area (Å²) in [6, 6.07) is 0. The molecule has 0 bridgehead atoms. The number of carboxylic acids is 1. The minimum Gasteiger partial charge on any atom is -0.550 e. The summed E-state index contributed by atoms with van der Waals surface area (Å²) in [7, 11) is 1.11. The van der Waals surface area contributed by atoms with Crippen LogP contribution in [0.3, 0.4) is 0 Å². The van der Waals surface area contributed by atoms with E-state index in [2.05, 4.69) is 15.4 Å². The number of esters is 1. The highest BCUT2D eigenvalue weighted by Crippen LogP contribution is 2.02. The van der Waals surface area contributed by atoms with Crippen LogP contribution in [-0.4, -0.2) is 44.6 Å². The van der Waals surface area contributed by atoms with E-state index in [0.717, 1.165) is 26.2 Å². The van der Waals surface area contributed by atoms with E-state index in [4.69, 9.17) is 0 Å². The molecule has 0 fully saturated rings. The maximum atomic E-state index is 11.5. The van der Waals surface area contributed by atoms with Gasteiger partial charge in [0.25, 0.3) is 0 Å². The highest BCUT2D eigenvalue weighted by atomic mass is 16.5. The molecule has 0 aliphatic rings. The molecule has 0 saturated carbocycles. The molecular formula is C12H19N2O5-. The van der Waals surface area contributed by atoms with Crippen molar-refractivity contribution in [2.45, 2.75) is 19.8 Å². The molecule has 0 aromatic carbocycles. The number of carbonyl (C=O) groups excluding carboxylic acids is 3. The predicted molar refractivity (Wildman–Crippen MR) is 65.9 cm³/mol. The number of methoxy groups -OCH3 is 1. The largest absolute Gasteiger partial charge is 0.550 e. The number of ether oxygens (including phenoxy) is 1. The van der Waals surface area contributed by atoms with Crippen LogP contribution >= 0.6 is 0 Å². The smallest absolute Gasteiger partial charge is 0.334 e. The monoisotopic (exact) mass is 271 g/mol. The highest BCUT2D eigenvalue weighted by Gasteiger charge is 2.12. The molecule has 19 heavy (non-hydrogen) atoms. The number of aliphatic carboxylic acids is 1. The van der Waals surface area contributed by atoms with Gasteiger partial charge in [-0.1, -0.05) is 6.92 Å². The van der Waals surface area contributed by atoms with Crippen LogP contribution in [0.1, 0.15) is 19.8 Å². The molecule has 0 aliphatic carbocycles. The molecule has 0 heterocycles. The van der Waals surface area contributed by atoms with Gasteiger partial charge in [-0.3, -0.25) is 4.79 Å². The number of carboxylic acid groups (broad SMARTS) is 1. The number of hydrogen-bond acceptors (Lipinski definition) is 6. The molecule has 0 saturated heterocycles. The first-order valence-electron chi connectivity index (χ1n) is 5.98. The Labute approximate surface area is 112 Å². The second-order valence-electron chi connectivity index (χ2n) is 3.75. The van der Waals surface area contributed by atoms with Crippen molar-refractivity contribution >= 4 is 17.8 Å². The zero-order valence-electron chi connectivity index (χ0n) is 11.2. The van der Waals surface area contributed by atoms with Crippen molar-refractivity contribution in [3.8, 4) is 0 Å². The molecule has 0 aromatic heterocycles. The van der Waals surface area contributed by atoms with Crippen molar-refractivity contribution in [2.75, 3.05) is 26.7 Å². The molecule has 0 aromatic rings. The number of amides is 1. The minimum absolute atomic E-state index is 0.249. The molecule has 0 radical (unpaired) electrons. The van der Waals surface area contributed by atoms with E-state index in [9.17, 15) is 19.5 Å². The van der Waals surface area contributed by atoms with Crippen molar-refractivity contribution in [2.24, 2.45) is 0 Å². The maximum absolute atomic E-state index is 11.5. The van der Waals surface area contributed by atoms with Crippen LogP contribution in [0.25, 0.3) is 0 Å². The summed E-state index contributed by atoms with van der Waals surface area (Å²) in [5.41, 5.74) is -0.249. The molecule has 7 nitrogen and oxygen atoms in total. The zero-order chi connectivity index (χ0) is 14.7. The van der Waals surface area contributed by atoms with Crippen LogP contribution in [0.5, 0.6) is 0 Å². The van der Waals surface area contributed by atoms with Crippen molar-refractivity contribution in [3.05, 3.63) is 11.6 Å². The quantitative estimate of drug-likeness (QED) is 0.295.